The van der Waals surface area contributed by atoms with Gasteiger partial charge in [0.25, 0.3) is 0 Å². The Kier molecular flexibility index (Phi) is 10.4. The molecule has 0 spiro atoms. The van der Waals surface area contributed by atoms with Crippen molar-refractivity contribution in [1.29, 1.82) is 0 Å². The molecule has 3 rings (SSSR count). The number of hydrogen-bond acceptors (Lipinski definition) is 5. The van der Waals surface area contributed by atoms with E-state index in [0.717, 1.165) is 44.2 Å². The van der Waals surface area contributed by atoms with Crippen LogP contribution in [0.15, 0.2) is 47.5 Å². The molecule has 0 amide bonds. The number of aliphatic hydroxyl groups is 1. The number of ether oxygens (including phenoxy) is 2. The summed E-state index contributed by atoms with van der Waals surface area (Å²) in [6.07, 6.45) is -0.720. The van der Waals surface area contributed by atoms with Gasteiger partial charge in [-0.2, -0.15) is 0 Å². The van der Waals surface area contributed by atoms with Crippen LogP contribution >= 0.6 is 24.0 Å². The Morgan fingerprint density at radius 2 is 1.78 bits per heavy atom. The van der Waals surface area contributed by atoms with Gasteiger partial charge >= 0.3 is 0 Å². The first-order valence-electron chi connectivity index (χ1n) is 10.8. The molecule has 0 radical (unpaired) electrons. The standard InChI is InChI=1S/C24H34N4O3.HI/c1-5-25-24(26-17-21(29)19-9-10-22(30-3)23(16-19)31-4)28-13-11-27(12-14-28)20-8-6-7-18(2)15-20;/h6-10,15-16,21,29H,5,11-14,17H2,1-4H3,(H,25,26);1H. The summed E-state index contributed by atoms with van der Waals surface area (Å²) >= 11 is 0. The summed E-state index contributed by atoms with van der Waals surface area (Å²) in [5.74, 6) is 2.08. The van der Waals surface area contributed by atoms with E-state index in [1.54, 1.807) is 26.4 Å². The molecule has 2 aromatic carbocycles. The predicted octanol–water partition coefficient (Wildman–Crippen LogP) is 3.45. The number of aryl methyl sites for hydroxylation is 1. The van der Waals surface area contributed by atoms with E-state index in [1.165, 1.54) is 11.3 Å². The number of benzene rings is 2. The highest BCUT2D eigenvalue weighted by Crippen LogP contribution is 2.30. The van der Waals surface area contributed by atoms with Crippen molar-refractivity contribution in [3.63, 3.8) is 0 Å². The molecule has 1 saturated heterocycles. The zero-order valence-electron chi connectivity index (χ0n) is 19.4. The molecule has 0 aromatic heterocycles. The Balaban J connectivity index is 0.00000363. The van der Waals surface area contributed by atoms with Crippen LogP contribution in [0.4, 0.5) is 5.69 Å². The third kappa shape index (κ3) is 6.65. The number of rotatable bonds is 7. The van der Waals surface area contributed by atoms with Crippen LogP contribution in [0.5, 0.6) is 11.5 Å². The quantitative estimate of drug-likeness (QED) is 0.311. The first kappa shape index (κ1) is 26.1. The monoisotopic (exact) mass is 554 g/mol. The second-order valence-electron chi connectivity index (χ2n) is 7.64. The largest absolute Gasteiger partial charge is 0.493 e. The Morgan fingerprint density at radius 1 is 1.06 bits per heavy atom. The van der Waals surface area contributed by atoms with Gasteiger partial charge in [-0.1, -0.05) is 18.2 Å². The minimum Gasteiger partial charge on any atom is -0.493 e. The number of aliphatic hydroxyl groups excluding tert-OH is 1. The fraction of sp³-hybridized carbons (Fsp3) is 0.458. The minimum atomic E-state index is -0.720. The molecule has 7 nitrogen and oxygen atoms in total. The summed E-state index contributed by atoms with van der Waals surface area (Å²) in [6, 6.07) is 14.1. The van der Waals surface area contributed by atoms with Crippen LogP contribution in [0, 0.1) is 6.92 Å². The number of anilines is 1. The van der Waals surface area contributed by atoms with E-state index in [-0.39, 0.29) is 30.5 Å². The maximum Gasteiger partial charge on any atom is 0.194 e. The zero-order valence-corrected chi connectivity index (χ0v) is 21.7. The molecule has 1 atom stereocenters. The van der Waals surface area contributed by atoms with Gasteiger partial charge in [0.1, 0.15) is 0 Å². The summed E-state index contributed by atoms with van der Waals surface area (Å²) in [5, 5.41) is 14.0. The molecule has 0 bridgehead atoms. The van der Waals surface area contributed by atoms with Gasteiger partial charge < -0.3 is 29.7 Å². The average Bonchev–Trinajstić information content (AvgIpc) is 2.81. The van der Waals surface area contributed by atoms with Crippen molar-refractivity contribution < 1.29 is 14.6 Å². The highest BCUT2D eigenvalue weighted by Gasteiger charge is 2.20. The van der Waals surface area contributed by atoms with Crippen molar-refractivity contribution in [2.75, 3.05) is 58.4 Å². The lowest BCUT2D eigenvalue weighted by molar-refractivity contribution is 0.186. The second kappa shape index (κ2) is 12.7. The maximum atomic E-state index is 10.7. The van der Waals surface area contributed by atoms with Gasteiger partial charge in [-0.15, -0.1) is 24.0 Å². The molecule has 0 aliphatic carbocycles. The van der Waals surface area contributed by atoms with E-state index in [1.807, 2.05) is 6.07 Å². The molecule has 1 unspecified atom stereocenters. The predicted molar refractivity (Wildman–Crippen MR) is 141 cm³/mol. The van der Waals surface area contributed by atoms with Crippen molar-refractivity contribution in [2.45, 2.75) is 20.0 Å². The van der Waals surface area contributed by atoms with Crippen molar-refractivity contribution in [3.8, 4) is 11.5 Å². The molecule has 1 aliphatic heterocycles. The maximum absolute atomic E-state index is 10.7. The number of hydrogen-bond donors (Lipinski definition) is 2. The Labute approximate surface area is 208 Å². The smallest absolute Gasteiger partial charge is 0.194 e. The van der Waals surface area contributed by atoms with Gasteiger partial charge in [-0.3, -0.25) is 4.99 Å². The first-order chi connectivity index (χ1) is 15.0. The van der Waals surface area contributed by atoms with E-state index in [9.17, 15) is 5.11 Å². The summed E-state index contributed by atoms with van der Waals surface area (Å²) in [6.45, 7) is 8.87. The topological polar surface area (TPSA) is 69.6 Å². The van der Waals surface area contributed by atoms with Crippen LogP contribution in [0.1, 0.15) is 24.2 Å². The van der Waals surface area contributed by atoms with Crippen molar-refractivity contribution in [2.24, 2.45) is 4.99 Å². The van der Waals surface area contributed by atoms with Crippen molar-refractivity contribution >= 4 is 35.6 Å². The van der Waals surface area contributed by atoms with Crippen LogP contribution in [-0.2, 0) is 0 Å². The lowest BCUT2D eigenvalue weighted by Crippen LogP contribution is -2.52. The number of nitrogens with zero attached hydrogens (tertiary/aromatic N) is 3. The van der Waals surface area contributed by atoms with Gasteiger partial charge in [0, 0.05) is 38.4 Å². The highest BCUT2D eigenvalue weighted by molar-refractivity contribution is 14.0. The molecule has 1 heterocycles. The summed E-state index contributed by atoms with van der Waals surface area (Å²) in [5.41, 5.74) is 3.30. The van der Waals surface area contributed by atoms with Crippen LogP contribution in [-0.4, -0.2) is 69.5 Å². The summed E-state index contributed by atoms with van der Waals surface area (Å²) < 4.78 is 10.6. The Bertz CT molecular complexity index is 885. The molecule has 2 N–H and O–H groups in total. The van der Waals surface area contributed by atoms with Gasteiger partial charge in [0.2, 0.25) is 0 Å². The SMILES string of the molecule is CCNC(=NCC(O)c1ccc(OC)c(OC)c1)N1CCN(c2cccc(C)c2)CC1.I. The van der Waals surface area contributed by atoms with Crippen LogP contribution in [0.2, 0.25) is 0 Å². The lowest BCUT2D eigenvalue weighted by Gasteiger charge is -2.38. The number of methoxy groups -OCH3 is 2. The normalized spacial score (nSPS) is 15.1. The van der Waals surface area contributed by atoms with Gasteiger partial charge in [-0.05, 0) is 49.2 Å². The molecular weight excluding hydrogens is 519 g/mol. The van der Waals surface area contributed by atoms with Crippen LogP contribution < -0.4 is 19.7 Å². The fourth-order valence-electron chi connectivity index (χ4n) is 3.77. The summed E-state index contributed by atoms with van der Waals surface area (Å²) in [4.78, 5) is 9.38. The molecule has 32 heavy (non-hydrogen) atoms. The number of guanidine groups is 1. The van der Waals surface area contributed by atoms with Crippen LogP contribution in [0.25, 0.3) is 0 Å². The third-order valence-electron chi connectivity index (χ3n) is 5.49. The zero-order chi connectivity index (χ0) is 22.2. The molecular formula is C24H35IN4O3. The minimum absolute atomic E-state index is 0. The van der Waals surface area contributed by atoms with Crippen molar-refractivity contribution in [1.82, 2.24) is 10.2 Å². The van der Waals surface area contributed by atoms with E-state index in [4.69, 9.17) is 14.5 Å². The van der Waals surface area contributed by atoms with Gasteiger partial charge in [0.15, 0.2) is 17.5 Å². The molecule has 1 fully saturated rings. The highest BCUT2D eigenvalue weighted by atomic mass is 127. The average molecular weight is 554 g/mol. The molecule has 8 heteroatoms. The van der Waals surface area contributed by atoms with Gasteiger partial charge in [0.05, 0.1) is 26.9 Å². The first-order valence-corrected chi connectivity index (χ1v) is 10.8. The fourth-order valence-corrected chi connectivity index (χ4v) is 3.77. The van der Waals surface area contributed by atoms with Crippen molar-refractivity contribution in [3.05, 3.63) is 53.6 Å². The van der Waals surface area contributed by atoms with E-state index in [0.29, 0.717) is 11.5 Å². The Morgan fingerprint density at radius 3 is 2.41 bits per heavy atom. The van der Waals surface area contributed by atoms with E-state index >= 15 is 0 Å². The third-order valence-corrected chi connectivity index (χ3v) is 5.49. The van der Waals surface area contributed by atoms with Crippen LogP contribution in [0.3, 0.4) is 0 Å². The molecule has 176 valence electrons. The Hall–Kier alpha value is -2.20. The molecule has 0 saturated carbocycles. The number of piperazine rings is 1. The van der Waals surface area contributed by atoms with E-state index < -0.39 is 6.10 Å². The molecule has 2 aromatic rings. The number of halogens is 1. The van der Waals surface area contributed by atoms with E-state index in [2.05, 4.69) is 53.2 Å². The van der Waals surface area contributed by atoms with Gasteiger partial charge in [-0.25, -0.2) is 0 Å². The second-order valence-corrected chi connectivity index (χ2v) is 7.64. The number of nitrogens with one attached hydrogen (secondary N) is 1. The lowest BCUT2D eigenvalue weighted by atomic mass is 10.1. The molecule has 1 aliphatic rings. The summed E-state index contributed by atoms with van der Waals surface area (Å²) in [7, 11) is 3.19. The number of aliphatic imine (C=N–C) groups is 1.